The Bertz CT molecular complexity index is 485. The van der Waals surface area contributed by atoms with E-state index in [1.54, 1.807) is 24.6 Å². The van der Waals surface area contributed by atoms with Crippen LogP contribution in [0.15, 0.2) is 41.1 Å². The van der Waals surface area contributed by atoms with Crippen LogP contribution in [-0.4, -0.2) is 11.5 Å². The molecule has 0 saturated heterocycles. The van der Waals surface area contributed by atoms with Crippen molar-refractivity contribution in [3.63, 3.8) is 0 Å². The van der Waals surface area contributed by atoms with Crippen LogP contribution in [0.4, 0.5) is 5.82 Å². The molecule has 80 valence electrons. The smallest absolute Gasteiger partial charge is 0.127 e. The van der Waals surface area contributed by atoms with Crippen molar-refractivity contribution < 1.29 is 4.42 Å². The minimum absolute atomic E-state index is 0.607. The van der Waals surface area contributed by atoms with Crippen molar-refractivity contribution in [2.45, 2.75) is 6.42 Å². The van der Waals surface area contributed by atoms with E-state index in [1.807, 2.05) is 12.1 Å². The average Bonchev–Trinajstić information content (AvgIpc) is 2.82. The molecule has 0 aliphatic rings. The van der Waals surface area contributed by atoms with Gasteiger partial charge in [0, 0.05) is 19.2 Å². The summed E-state index contributed by atoms with van der Waals surface area (Å²) in [6.45, 7) is 0.732. The first-order chi connectivity index (χ1) is 7.88. The van der Waals surface area contributed by atoms with Crippen LogP contribution in [0, 0.1) is 11.3 Å². The summed E-state index contributed by atoms with van der Waals surface area (Å²) in [6, 6.07) is 9.27. The molecule has 4 heteroatoms. The molecule has 0 saturated carbocycles. The van der Waals surface area contributed by atoms with Gasteiger partial charge in [-0.15, -0.1) is 0 Å². The number of nitrogens with zero attached hydrogens (tertiary/aromatic N) is 2. The minimum atomic E-state index is 0.607. The van der Waals surface area contributed by atoms with Crippen molar-refractivity contribution >= 4 is 5.82 Å². The van der Waals surface area contributed by atoms with Gasteiger partial charge in [-0.05, 0) is 24.3 Å². The SMILES string of the molecule is N#Cc1ccnc(NCCc2ccco2)c1. The number of pyridine rings is 1. The topological polar surface area (TPSA) is 61.9 Å². The molecule has 0 fully saturated rings. The van der Waals surface area contributed by atoms with Crippen LogP contribution in [-0.2, 0) is 6.42 Å². The monoisotopic (exact) mass is 213 g/mol. The van der Waals surface area contributed by atoms with Gasteiger partial charge in [-0.25, -0.2) is 4.98 Å². The molecule has 0 unspecified atom stereocenters. The van der Waals surface area contributed by atoms with E-state index in [-0.39, 0.29) is 0 Å². The molecule has 0 aromatic carbocycles. The Balaban J connectivity index is 1.88. The van der Waals surface area contributed by atoms with Crippen LogP contribution >= 0.6 is 0 Å². The van der Waals surface area contributed by atoms with Crippen LogP contribution in [0.1, 0.15) is 11.3 Å². The lowest BCUT2D eigenvalue weighted by Gasteiger charge is -2.03. The van der Waals surface area contributed by atoms with Crippen LogP contribution in [0.25, 0.3) is 0 Å². The van der Waals surface area contributed by atoms with E-state index >= 15 is 0 Å². The van der Waals surface area contributed by atoms with Gasteiger partial charge >= 0.3 is 0 Å². The Labute approximate surface area is 93.5 Å². The van der Waals surface area contributed by atoms with Crippen molar-refractivity contribution in [3.05, 3.63) is 48.0 Å². The fourth-order valence-corrected chi connectivity index (χ4v) is 1.37. The number of aromatic nitrogens is 1. The highest BCUT2D eigenvalue weighted by atomic mass is 16.3. The first-order valence-corrected chi connectivity index (χ1v) is 5.01. The van der Waals surface area contributed by atoms with Gasteiger partial charge in [0.2, 0.25) is 0 Å². The molecule has 4 nitrogen and oxygen atoms in total. The summed E-state index contributed by atoms with van der Waals surface area (Å²) in [5.41, 5.74) is 0.607. The average molecular weight is 213 g/mol. The second-order valence-electron chi connectivity index (χ2n) is 3.30. The normalized spacial score (nSPS) is 9.69. The number of nitriles is 1. The molecule has 0 amide bonds. The van der Waals surface area contributed by atoms with E-state index in [9.17, 15) is 0 Å². The number of hydrogen-bond donors (Lipinski definition) is 1. The zero-order valence-electron chi connectivity index (χ0n) is 8.68. The van der Waals surface area contributed by atoms with E-state index in [4.69, 9.17) is 9.68 Å². The van der Waals surface area contributed by atoms with E-state index in [0.717, 1.165) is 18.7 Å². The van der Waals surface area contributed by atoms with Crippen LogP contribution in [0.2, 0.25) is 0 Å². The van der Waals surface area contributed by atoms with Gasteiger partial charge in [-0.3, -0.25) is 0 Å². The van der Waals surface area contributed by atoms with Crippen molar-refractivity contribution in [1.29, 1.82) is 5.26 Å². The second kappa shape index (κ2) is 4.99. The number of furan rings is 1. The maximum atomic E-state index is 8.72. The Morgan fingerprint density at radius 2 is 2.38 bits per heavy atom. The molecule has 2 aromatic rings. The standard InChI is InChI=1S/C12H11N3O/c13-9-10-3-5-14-12(8-10)15-6-4-11-2-1-7-16-11/h1-3,5,7-8H,4,6H2,(H,14,15). The predicted molar refractivity (Wildman–Crippen MR) is 59.9 cm³/mol. The van der Waals surface area contributed by atoms with Gasteiger partial charge in [0.25, 0.3) is 0 Å². The third kappa shape index (κ3) is 2.61. The van der Waals surface area contributed by atoms with Crippen molar-refractivity contribution in [3.8, 4) is 6.07 Å². The first-order valence-electron chi connectivity index (χ1n) is 5.01. The lowest BCUT2D eigenvalue weighted by molar-refractivity contribution is 0.513. The summed E-state index contributed by atoms with van der Waals surface area (Å²) in [7, 11) is 0. The zero-order valence-corrected chi connectivity index (χ0v) is 8.68. The summed E-state index contributed by atoms with van der Waals surface area (Å²) in [5.74, 6) is 1.65. The van der Waals surface area contributed by atoms with Gasteiger partial charge in [-0.2, -0.15) is 5.26 Å². The highest BCUT2D eigenvalue weighted by Crippen LogP contribution is 2.06. The van der Waals surface area contributed by atoms with Gasteiger partial charge in [0.05, 0.1) is 17.9 Å². The summed E-state index contributed by atoms with van der Waals surface area (Å²) in [4.78, 5) is 4.11. The fraction of sp³-hybridized carbons (Fsp3) is 0.167. The van der Waals surface area contributed by atoms with E-state index in [1.165, 1.54) is 0 Å². The number of rotatable bonds is 4. The Morgan fingerprint density at radius 3 is 3.12 bits per heavy atom. The summed E-state index contributed by atoms with van der Waals surface area (Å²) >= 11 is 0. The van der Waals surface area contributed by atoms with Crippen LogP contribution < -0.4 is 5.32 Å². The molecule has 2 rings (SSSR count). The van der Waals surface area contributed by atoms with E-state index in [0.29, 0.717) is 11.4 Å². The molecule has 0 spiro atoms. The van der Waals surface area contributed by atoms with E-state index in [2.05, 4.69) is 16.4 Å². The molecular weight excluding hydrogens is 202 g/mol. The number of anilines is 1. The highest BCUT2D eigenvalue weighted by molar-refractivity contribution is 5.42. The molecule has 1 N–H and O–H groups in total. The highest BCUT2D eigenvalue weighted by Gasteiger charge is 1.98. The predicted octanol–water partition coefficient (Wildman–Crippen LogP) is 2.20. The maximum Gasteiger partial charge on any atom is 0.127 e. The van der Waals surface area contributed by atoms with Crippen LogP contribution in [0.5, 0.6) is 0 Å². The molecule has 2 aromatic heterocycles. The van der Waals surface area contributed by atoms with Gasteiger partial charge < -0.3 is 9.73 Å². The molecule has 0 atom stereocenters. The lowest BCUT2D eigenvalue weighted by Crippen LogP contribution is -2.05. The van der Waals surface area contributed by atoms with Gasteiger partial charge in [-0.1, -0.05) is 0 Å². The van der Waals surface area contributed by atoms with Crippen molar-refractivity contribution in [2.24, 2.45) is 0 Å². The molecule has 0 radical (unpaired) electrons. The third-order valence-electron chi connectivity index (χ3n) is 2.15. The zero-order chi connectivity index (χ0) is 11.2. The molecule has 0 bridgehead atoms. The molecule has 2 heterocycles. The van der Waals surface area contributed by atoms with Crippen molar-refractivity contribution in [2.75, 3.05) is 11.9 Å². The fourth-order valence-electron chi connectivity index (χ4n) is 1.37. The van der Waals surface area contributed by atoms with Gasteiger partial charge in [0.1, 0.15) is 11.6 Å². The largest absolute Gasteiger partial charge is 0.469 e. The van der Waals surface area contributed by atoms with E-state index < -0.39 is 0 Å². The Morgan fingerprint density at radius 1 is 1.44 bits per heavy atom. The Kier molecular flexibility index (Phi) is 3.19. The molecule has 0 aliphatic carbocycles. The van der Waals surface area contributed by atoms with Gasteiger partial charge in [0.15, 0.2) is 0 Å². The van der Waals surface area contributed by atoms with Crippen molar-refractivity contribution in [1.82, 2.24) is 4.98 Å². The van der Waals surface area contributed by atoms with Crippen LogP contribution in [0.3, 0.4) is 0 Å². The minimum Gasteiger partial charge on any atom is -0.469 e. The summed E-state index contributed by atoms with van der Waals surface area (Å²) in [6.07, 6.45) is 4.07. The summed E-state index contributed by atoms with van der Waals surface area (Å²) < 4.78 is 5.20. The first kappa shape index (κ1) is 10.2. The number of nitrogens with one attached hydrogen (secondary N) is 1. The maximum absolute atomic E-state index is 8.72. The lowest BCUT2D eigenvalue weighted by atomic mass is 10.3. The summed E-state index contributed by atoms with van der Waals surface area (Å²) in [5, 5.41) is 11.9. The third-order valence-corrected chi connectivity index (χ3v) is 2.15. The molecule has 0 aliphatic heterocycles. The Hall–Kier alpha value is -2.28. The second-order valence-corrected chi connectivity index (χ2v) is 3.30. The molecule has 16 heavy (non-hydrogen) atoms. The number of hydrogen-bond acceptors (Lipinski definition) is 4. The quantitative estimate of drug-likeness (QED) is 0.845. The molecular formula is C12H11N3O.